The minimum atomic E-state index is -0.296. The van der Waals surface area contributed by atoms with E-state index in [9.17, 15) is 9.59 Å². The van der Waals surface area contributed by atoms with Gasteiger partial charge in [-0.2, -0.15) is 0 Å². The van der Waals surface area contributed by atoms with Crippen molar-refractivity contribution in [1.82, 2.24) is 9.80 Å². The van der Waals surface area contributed by atoms with Gasteiger partial charge in [-0.25, -0.2) is 0 Å². The van der Waals surface area contributed by atoms with Gasteiger partial charge in [0.05, 0.1) is 18.8 Å². The van der Waals surface area contributed by atoms with Crippen molar-refractivity contribution >= 4 is 46.4 Å². The van der Waals surface area contributed by atoms with Crippen molar-refractivity contribution in [3.8, 4) is 5.75 Å². The first-order chi connectivity index (χ1) is 18.4. The number of carbonyl (C=O) groups excluding carboxylic acids is 2. The van der Waals surface area contributed by atoms with Crippen molar-refractivity contribution in [3.05, 3.63) is 110 Å². The third-order valence-electron chi connectivity index (χ3n) is 6.56. The van der Waals surface area contributed by atoms with E-state index < -0.39 is 0 Å². The zero-order valence-electron chi connectivity index (χ0n) is 20.7. The minimum Gasteiger partial charge on any atom is -0.491 e. The summed E-state index contributed by atoms with van der Waals surface area (Å²) >= 11 is 14.0. The topological polar surface area (TPSA) is 63.0 Å². The molecular formula is C29H26Cl2N2O4S. The highest BCUT2D eigenvalue weighted by atomic mass is 35.5. The van der Waals surface area contributed by atoms with Crippen LogP contribution in [0.4, 0.5) is 0 Å². The van der Waals surface area contributed by atoms with Crippen LogP contribution in [-0.4, -0.2) is 41.3 Å². The molecule has 4 aromatic rings. The van der Waals surface area contributed by atoms with E-state index in [0.717, 1.165) is 17.5 Å². The fourth-order valence-electron chi connectivity index (χ4n) is 4.61. The third-order valence-corrected chi connectivity index (χ3v) is 8.22. The molecule has 0 fully saturated rings. The maximum absolute atomic E-state index is 13.8. The second kappa shape index (κ2) is 11.6. The van der Waals surface area contributed by atoms with Gasteiger partial charge in [0.1, 0.15) is 24.7 Å². The second-order valence-corrected chi connectivity index (χ2v) is 11.0. The Morgan fingerprint density at radius 3 is 2.76 bits per heavy atom. The summed E-state index contributed by atoms with van der Waals surface area (Å²) in [5, 5.41) is 3.17. The number of carbonyl (C=O) groups is 2. The predicted molar refractivity (Wildman–Crippen MR) is 149 cm³/mol. The molecule has 1 aliphatic rings. The number of thiophene rings is 1. The van der Waals surface area contributed by atoms with Gasteiger partial charge in [-0.15, -0.1) is 11.3 Å². The normalized spacial score (nSPS) is 14.7. The van der Waals surface area contributed by atoms with Crippen molar-refractivity contribution in [2.45, 2.75) is 25.9 Å². The number of nitrogens with zero attached hydrogens (tertiary/aromatic N) is 2. The maximum Gasteiger partial charge on any atom is 0.254 e. The molecule has 9 heteroatoms. The first kappa shape index (κ1) is 26.4. The van der Waals surface area contributed by atoms with Crippen molar-refractivity contribution in [2.75, 3.05) is 19.7 Å². The van der Waals surface area contributed by atoms with Crippen LogP contribution >= 0.6 is 34.5 Å². The van der Waals surface area contributed by atoms with Crippen LogP contribution in [0.5, 0.6) is 5.75 Å². The van der Waals surface area contributed by atoms with E-state index in [0.29, 0.717) is 33.7 Å². The highest BCUT2D eigenvalue weighted by molar-refractivity contribution is 7.10. The summed E-state index contributed by atoms with van der Waals surface area (Å²) < 4.78 is 11.6. The number of hydrogen-bond acceptors (Lipinski definition) is 5. The first-order valence-electron chi connectivity index (χ1n) is 12.2. The van der Waals surface area contributed by atoms with Gasteiger partial charge in [-0.3, -0.25) is 9.59 Å². The lowest BCUT2D eigenvalue weighted by Crippen LogP contribution is -2.47. The van der Waals surface area contributed by atoms with Crippen molar-refractivity contribution in [1.29, 1.82) is 0 Å². The Morgan fingerprint density at radius 1 is 1.13 bits per heavy atom. The molecular weight excluding hydrogens is 543 g/mol. The van der Waals surface area contributed by atoms with E-state index in [1.807, 2.05) is 29.3 Å². The Bertz CT molecular complexity index is 1440. The summed E-state index contributed by atoms with van der Waals surface area (Å²) in [6.45, 7) is 2.80. The monoisotopic (exact) mass is 568 g/mol. The van der Waals surface area contributed by atoms with E-state index in [-0.39, 0.29) is 37.6 Å². The van der Waals surface area contributed by atoms with Gasteiger partial charge < -0.3 is 19.0 Å². The third kappa shape index (κ3) is 5.90. The SMILES string of the molecule is Cc1cc(OCC2c3ccsc3CCN2C(=O)CN(Cc2ccco2)C(=O)c2cccc(Cl)c2)ccc1Cl. The average molecular weight is 570 g/mol. The van der Waals surface area contributed by atoms with Crippen molar-refractivity contribution in [2.24, 2.45) is 0 Å². The van der Waals surface area contributed by atoms with Crippen LogP contribution in [0.1, 0.15) is 38.2 Å². The summed E-state index contributed by atoms with van der Waals surface area (Å²) in [7, 11) is 0. The summed E-state index contributed by atoms with van der Waals surface area (Å²) in [4.78, 5) is 31.8. The van der Waals surface area contributed by atoms with Gasteiger partial charge in [0.2, 0.25) is 5.91 Å². The van der Waals surface area contributed by atoms with E-state index >= 15 is 0 Å². The molecule has 0 bridgehead atoms. The Kier molecular flexibility index (Phi) is 8.07. The molecule has 1 aliphatic heterocycles. The number of fused-ring (bicyclic) bond motifs is 1. The molecule has 1 atom stereocenters. The number of halogens is 2. The van der Waals surface area contributed by atoms with E-state index in [1.54, 1.807) is 60.1 Å². The number of hydrogen-bond donors (Lipinski definition) is 0. The standard InChI is InChI=1S/C29H26Cl2N2O4S/c1-19-14-22(7-8-25(19)31)37-18-26-24-10-13-38-27(24)9-11-33(26)28(34)17-32(16-23-6-3-12-36-23)29(35)20-4-2-5-21(30)15-20/h2-8,10,12-15,26H,9,11,16-18H2,1H3. The smallest absolute Gasteiger partial charge is 0.254 e. The number of amides is 2. The van der Waals surface area contributed by atoms with Gasteiger partial charge in [0, 0.05) is 27.0 Å². The highest BCUT2D eigenvalue weighted by Crippen LogP contribution is 2.34. The first-order valence-corrected chi connectivity index (χ1v) is 13.8. The lowest BCUT2D eigenvalue weighted by atomic mass is 10.00. The average Bonchev–Trinajstić information content (AvgIpc) is 3.60. The van der Waals surface area contributed by atoms with Crippen LogP contribution < -0.4 is 4.74 Å². The highest BCUT2D eigenvalue weighted by Gasteiger charge is 2.34. The molecule has 0 spiro atoms. The molecule has 0 radical (unpaired) electrons. The molecule has 0 aliphatic carbocycles. The number of benzene rings is 2. The van der Waals surface area contributed by atoms with Crippen LogP contribution in [-0.2, 0) is 17.8 Å². The molecule has 2 aromatic carbocycles. The zero-order valence-corrected chi connectivity index (χ0v) is 23.1. The number of aryl methyl sites for hydroxylation is 1. The van der Waals surface area contributed by atoms with Crippen LogP contribution in [0, 0.1) is 6.92 Å². The largest absolute Gasteiger partial charge is 0.491 e. The summed E-state index contributed by atoms with van der Waals surface area (Å²) in [5.41, 5.74) is 2.41. The Hall–Kier alpha value is -3.26. The zero-order chi connectivity index (χ0) is 26.6. The summed E-state index contributed by atoms with van der Waals surface area (Å²) in [6.07, 6.45) is 2.31. The van der Waals surface area contributed by atoms with Crippen LogP contribution in [0.2, 0.25) is 10.0 Å². The van der Waals surface area contributed by atoms with Gasteiger partial charge >= 0.3 is 0 Å². The number of rotatable bonds is 8. The molecule has 6 nitrogen and oxygen atoms in total. The molecule has 3 heterocycles. The van der Waals surface area contributed by atoms with Crippen molar-refractivity contribution < 1.29 is 18.7 Å². The Morgan fingerprint density at radius 2 is 2.00 bits per heavy atom. The molecule has 0 saturated heterocycles. The lowest BCUT2D eigenvalue weighted by Gasteiger charge is -2.37. The molecule has 2 amide bonds. The molecule has 0 N–H and O–H groups in total. The molecule has 38 heavy (non-hydrogen) atoms. The van der Waals surface area contributed by atoms with Gasteiger partial charge in [0.15, 0.2) is 0 Å². The van der Waals surface area contributed by atoms with E-state index in [4.69, 9.17) is 32.4 Å². The molecule has 2 aromatic heterocycles. The van der Waals surface area contributed by atoms with E-state index in [1.165, 1.54) is 9.78 Å². The molecule has 1 unspecified atom stereocenters. The molecule has 196 valence electrons. The van der Waals surface area contributed by atoms with E-state index in [2.05, 4.69) is 6.07 Å². The fraction of sp³-hybridized carbons (Fsp3) is 0.241. The van der Waals surface area contributed by atoms with Crippen LogP contribution in [0.3, 0.4) is 0 Å². The maximum atomic E-state index is 13.8. The summed E-state index contributed by atoms with van der Waals surface area (Å²) in [5.74, 6) is 0.821. The Labute approximate surface area is 235 Å². The summed E-state index contributed by atoms with van der Waals surface area (Å²) in [6, 6.07) is 17.6. The van der Waals surface area contributed by atoms with Crippen LogP contribution in [0.25, 0.3) is 0 Å². The second-order valence-electron chi connectivity index (χ2n) is 9.12. The van der Waals surface area contributed by atoms with Crippen molar-refractivity contribution in [3.63, 3.8) is 0 Å². The molecule has 0 saturated carbocycles. The lowest BCUT2D eigenvalue weighted by molar-refractivity contribution is -0.135. The minimum absolute atomic E-state index is 0.109. The van der Waals surface area contributed by atoms with Crippen LogP contribution in [0.15, 0.2) is 76.7 Å². The predicted octanol–water partition coefficient (Wildman–Crippen LogP) is 6.80. The van der Waals surface area contributed by atoms with Gasteiger partial charge in [-0.05, 0) is 84.4 Å². The quantitative estimate of drug-likeness (QED) is 0.234. The fourth-order valence-corrected chi connectivity index (χ4v) is 5.84. The van der Waals surface area contributed by atoms with Gasteiger partial charge in [-0.1, -0.05) is 29.3 Å². The number of furan rings is 1. The Balaban J connectivity index is 1.37. The number of ether oxygens (including phenoxy) is 1. The molecule has 5 rings (SSSR count). The van der Waals surface area contributed by atoms with Gasteiger partial charge in [0.25, 0.3) is 5.91 Å².